The topological polar surface area (TPSA) is 52.1 Å². The van der Waals surface area contributed by atoms with Crippen molar-refractivity contribution in [2.75, 3.05) is 6.61 Å². The second kappa shape index (κ2) is 7.77. The van der Waals surface area contributed by atoms with E-state index in [0.717, 1.165) is 25.7 Å². The third-order valence-corrected chi connectivity index (χ3v) is 5.98. The number of carbonyl (C=O) groups excluding carboxylic acids is 1. The third-order valence-electron chi connectivity index (χ3n) is 3.53. The molecule has 0 aliphatic heterocycles. The van der Waals surface area contributed by atoms with E-state index >= 15 is 0 Å². The first-order valence-electron chi connectivity index (χ1n) is 7.86. The van der Waals surface area contributed by atoms with Crippen LogP contribution >= 0.6 is 23.1 Å². The zero-order valence-corrected chi connectivity index (χ0v) is 15.2. The van der Waals surface area contributed by atoms with Crippen LogP contribution in [0.1, 0.15) is 20.3 Å². The summed E-state index contributed by atoms with van der Waals surface area (Å²) in [4.78, 5) is 22.9. The highest BCUT2D eigenvalue weighted by Crippen LogP contribution is 2.37. The molecule has 0 saturated heterocycles. The molecule has 6 heteroatoms. The molecule has 1 aromatic carbocycles. The summed E-state index contributed by atoms with van der Waals surface area (Å²) in [7, 11) is 0. The van der Waals surface area contributed by atoms with Crippen LogP contribution in [0.25, 0.3) is 20.7 Å². The Balaban J connectivity index is 1.94. The van der Waals surface area contributed by atoms with Crippen molar-refractivity contribution < 1.29 is 9.53 Å². The van der Waals surface area contributed by atoms with Crippen molar-refractivity contribution in [3.05, 3.63) is 42.7 Å². The van der Waals surface area contributed by atoms with Gasteiger partial charge >= 0.3 is 5.97 Å². The smallest absolute Gasteiger partial charge is 0.319 e. The van der Waals surface area contributed by atoms with Crippen LogP contribution in [-0.4, -0.2) is 27.8 Å². The Morgan fingerprint density at radius 2 is 2.04 bits per heavy atom. The number of aromatic nitrogens is 2. The average molecular weight is 358 g/mol. The molecule has 0 aliphatic rings. The number of nitrogens with zero attached hydrogens (tertiary/aromatic N) is 2. The maximum absolute atomic E-state index is 12.1. The Bertz CT molecular complexity index is 833. The molecule has 3 aromatic rings. The molecule has 0 radical (unpaired) electrons. The number of hydrogen-bond acceptors (Lipinski definition) is 6. The maximum Gasteiger partial charge on any atom is 0.319 e. The van der Waals surface area contributed by atoms with Crippen molar-refractivity contribution in [2.24, 2.45) is 0 Å². The molecule has 0 N–H and O–H groups in total. The lowest BCUT2D eigenvalue weighted by molar-refractivity contribution is -0.142. The number of thioether (sulfide) groups is 1. The molecule has 0 unspecified atom stereocenters. The second-order valence-electron chi connectivity index (χ2n) is 5.14. The Hall–Kier alpha value is -1.92. The molecule has 3 rings (SSSR count). The van der Waals surface area contributed by atoms with Gasteiger partial charge in [0.2, 0.25) is 0 Å². The minimum absolute atomic E-state index is 0.185. The van der Waals surface area contributed by atoms with Crippen LogP contribution in [0.2, 0.25) is 0 Å². The van der Waals surface area contributed by atoms with Gasteiger partial charge in [0.25, 0.3) is 0 Å². The van der Waals surface area contributed by atoms with E-state index in [4.69, 9.17) is 4.74 Å². The molecule has 1 atom stereocenters. The van der Waals surface area contributed by atoms with Crippen molar-refractivity contribution >= 4 is 39.3 Å². The molecule has 2 heterocycles. The normalized spacial score (nSPS) is 12.2. The van der Waals surface area contributed by atoms with Crippen molar-refractivity contribution in [1.29, 1.82) is 0 Å². The van der Waals surface area contributed by atoms with Crippen LogP contribution in [0, 0.1) is 0 Å². The largest absolute Gasteiger partial charge is 0.465 e. The molecule has 2 aromatic heterocycles. The van der Waals surface area contributed by atoms with E-state index in [1.165, 1.54) is 11.8 Å². The number of ether oxygens (including phenoxy) is 1. The highest BCUT2D eigenvalue weighted by molar-refractivity contribution is 8.00. The summed E-state index contributed by atoms with van der Waals surface area (Å²) in [6.45, 7) is 4.20. The van der Waals surface area contributed by atoms with Crippen molar-refractivity contribution in [3.8, 4) is 10.4 Å². The van der Waals surface area contributed by atoms with Crippen LogP contribution in [0.4, 0.5) is 0 Å². The lowest BCUT2D eigenvalue weighted by atomic mass is 10.2. The standard InChI is InChI=1S/C18H18N2O2S2/c1-3-14(18(21)22-4-2)23-16-13-10-15(12-8-6-5-7-9-12)24-17(13)20-11-19-16/h5-11,14H,3-4H2,1-2H3/t14-/m1/s1. The second-order valence-corrected chi connectivity index (χ2v) is 7.36. The van der Waals surface area contributed by atoms with E-state index in [1.54, 1.807) is 17.7 Å². The molecule has 0 fully saturated rings. The van der Waals surface area contributed by atoms with Gasteiger partial charge in [-0.15, -0.1) is 11.3 Å². The zero-order valence-electron chi connectivity index (χ0n) is 13.6. The number of benzene rings is 1. The summed E-state index contributed by atoms with van der Waals surface area (Å²) < 4.78 is 5.15. The third kappa shape index (κ3) is 3.60. The predicted octanol–water partition coefficient (Wildman–Crippen LogP) is 4.79. The summed E-state index contributed by atoms with van der Waals surface area (Å²) in [5.41, 5.74) is 1.16. The minimum Gasteiger partial charge on any atom is -0.465 e. The number of hydrogen-bond donors (Lipinski definition) is 0. The Morgan fingerprint density at radius 3 is 2.75 bits per heavy atom. The molecule has 124 valence electrons. The summed E-state index contributed by atoms with van der Waals surface area (Å²) in [5, 5.41) is 1.58. The molecule has 4 nitrogen and oxygen atoms in total. The average Bonchev–Trinajstić information content (AvgIpc) is 3.05. The maximum atomic E-state index is 12.1. The summed E-state index contributed by atoms with van der Waals surface area (Å²) in [6.07, 6.45) is 2.26. The van der Waals surface area contributed by atoms with E-state index in [2.05, 4.69) is 28.2 Å². The molecule has 0 saturated carbocycles. The monoisotopic (exact) mass is 358 g/mol. The lowest BCUT2D eigenvalue weighted by Gasteiger charge is -2.12. The summed E-state index contributed by atoms with van der Waals surface area (Å²) in [5.74, 6) is -0.185. The number of rotatable bonds is 6. The molecule has 24 heavy (non-hydrogen) atoms. The predicted molar refractivity (Wildman–Crippen MR) is 99.4 cm³/mol. The van der Waals surface area contributed by atoms with Gasteiger partial charge in [-0.25, -0.2) is 9.97 Å². The summed E-state index contributed by atoms with van der Waals surface area (Å²) in [6, 6.07) is 12.3. The Morgan fingerprint density at radius 1 is 1.25 bits per heavy atom. The van der Waals surface area contributed by atoms with E-state index in [1.807, 2.05) is 32.0 Å². The fourth-order valence-electron chi connectivity index (χ4n) is 2.34. The summed E-state index contributed by atoms with van der Waals surface area (Å²) >= 11 is 3.09. The van der Waals surface area contributed by atoms with Crippen LogP contribution < -0.4 is 0 Å². The number of esters is 1. The lowest BCUT2D eigenvalue weighted by Crippen LogP contribution is -2.19. The Kier molecular flexibility index (Phi) is 5.48. The van der Waals surface area contributed by atoms with Gasteiger partial charge in [-0.2, -0.15) is 0 Å². The molecule has 0 bridgehead atoms. The van der Waals surface area contributed by atoms with Crippen molar-refractivity contribution in [3.63, 3.8) is 0 Å². The minimum atomic E-state index is -0.247. The van der Waals surface area contributed by atoms with Gasteiger partial charge in [-0.05, 0) is 25.0 Å². The van der Waals surface area contributed by atoms with E-state index in [0.29, 0.717) is 13.0 Å². The van der Waals surface area contributed by atoms with Crippen molar-refractivity contribution in [2.45, 2.75) is 30.5 Å². The van der Waals surface area contributed by atoms with Crippen LogP contribution in [0.5, 0.6) is 0 Å². The molecule has 0 spiro atoms. The first-order valence-corrected chi connectivity index (χ1v) is 9.55. The van der Waals surface area contributed by atoms with Crippen LogP contribution in [-0.2, 0) is 9.53 Å². The van der Waals surface area contributed by atoms with Gasteiger partial charge in [-0.3, -0.25) is 4.79 Å². The van der Waals surface area contributed by atoms with Gasteiger partial charge in [0.15, 0.2) is 0 Å². The Labute approximate surface area is 149 Å². The van der Waals surface area contributed by atoms with Gasteiger partial charge in [0.1, 0.15) is 21.4 Å². The van der Waals surface area contributed by atoms with Gasteiger partial charge in [-0.1, -0.05) is 49.0 Å². The van der Waals surface area contributed by atoms with Crippen LogP contribution in [0.15, 0.2) is 47.8 Å². The highest BCUT2D eigenvalue weighted by Gasteiger charge is 2.21. The number of fused-ring (bicyclic) bond motifs is 1. The first-order chi connectivity index (χ1) is 11.7. The van der Waals surface area contributed by atoms with Gasteiger partial charge in [0.05, 0.1) is 6.61 Å². The van der Waals surface area contributed by atoms with Gasteiger partial charge < -0.3 is 4.74 Å². The fourth-order valence-corrected chi connectivity index (χ4v) is 4.40. The fraction of sp³-hybridized carbons (Fsp3) is 0.278. The molecule has 0 amide bonds. The molecule has 0 aliphatic carbocycles. The number of carbonyl (C=O) groups is 1. The van der Waals surface area contributed by atoms with Gasteiger partial charge in [0, 0.05) is 10.3 Å². The first kappa shape index (κ1) is 16.9. The van der Waals surface area contributed by atoms with E-state index in [9.17, 15) is 4.79 Å². The quantitative estimate of drug-likeness (QED) is 0.360. The highest BCUT2D eigenvalue weighted by atomic mass is 32.2. The molecular weight excluding hydrogens is 340 g/mol. The number of thiophene rings is 1. The zero-order chi connectivity index (χ0) is 16.9. The van der Waals surface area contributed by atoms with E-state index < -0.39 is 0 Å². The molecular formula is C18H18N2O2S2. The van der Waals surface area contributed by atoms with Crippen molar-refractivity contribution in [1.82, 2.24) is 9.97 Å². The van der Waals surface area contributed by atoms with Crippen LogP contribution in [0.3, 0.4) is 0 Å². The van der Waals surface area contributed by atoms with E-state index in [-0.39, 0.29) is 11.2 Å². The SMILES string of the molecule is CCOC(=O)[C@@H](CC)Sc1ncnc2sc(-c3ccccc3)cc12.